The molecule has 1 aromatic heterocycles. The highest BCUT2D eigenvalue weighted by Gasteiger charge is 2.16. The molecule has 0 saturated carbocycles. The van der Waals surface area contributed by atoms with E-state index in [4.69, 9.17) is 4.74 Å². The monoisotopic (exact) mass is 391 g/mol. The zero-order valence-corrected chi connectivity index (χ0v) is 18.7. The van der Waals surface area contributed by atoms with Crippen LogP contribution in [0.5, 0.6) is 5.88 Å². The summed E-state index contributed by atoms with van der Waals surface area (Å²) in [6.07, 6.45) is 2.85. The largest absolute Gasteiger partial charge is 0.475 e. The quantitative estimate of drug-likeness (QED) is 0.526. The van der Waals surface area contributed by atoms with Crippen LogP contribution in [0.3, 0.4) is 0 Å². The number of carbonyl (C=O) groups excluding carboxylic acids is 1. The Hall–Kier alpha value is -2.31. The van der Waals surface area contributed by atoms with Crippen LogP contribution in [-0.4, -0.2) is 54.0 Å². The molecule has 0 radical (unpaired) electrons. The number of rotatable bonds is 8. The van der Waals surface area contributed by atoms with Crippen molar-refractivity contribution < 1.29 is 9.53 Å². The number of hydrogen-bond acceptors (Lipinski definition) is 4. The first-order valence-electron chi connectivity index (χ1n) is 9.84. The average molecular weight is 392 g/mol. The van der Waals surface area contributed by atoms with Gasteiger partial charge in [0.1, 0.15) is 0 Å². The molecule has 2 N–H and O–H groups in total. The predicted molar refractivity (Wildman–Crippen MR) is 115 cm³/mol. The highest BCUT2D eigenvalue weighted by Crippen LogP contribution is 2.15. The number of amides is 1. The predicted octanol–water partition coefficient (Wildman–Crippen LogP) is 2.82. The van der Waals surface area contributed by atoms with Gasteiger partial charge in [0.25, 0.3) is 0 Å². The molecule has 1 unspecified atom stereocenters. The summed E-state index contributed by atoms with van der Waals surface area (Å²) in [5.74, 6) is 1.81. The highest BCUT2D eigenvalue weighted by atomic mass is 16.5. The highest BCUT2D eigenvalue weighted by molar-refractivity contribution is 5.86. The van der Waals surface area contributed by atoms with E-state index in [-0.39, 0.29) is 24.1 Å². The minimum atomic E-state index is -0.255. The molecule has 0 bridgehead atoms. The van der Waals surface area contributed by atoms with E-state index >= 15 is 0 Å². The van der Waals surface area contributed by atoms with Gasteiger partial charge in [-0.05, 0) is 51.7 Å². The van der Waals surface area contributed by atoms with Crippen molar-refractivity contribution in [1.29, 1.82) is 0 Å². The number of pyridine rings is 1. The molecule has 1 aromatic rings. The molecule has 0 spiro atoms. The SMILES string of the molecule is CN=C(NCc1ccnc(OC(C)CC(C)C)c1)N(C)CC(=O)NC(C)(C)C. The van der Waals surface area contributed by atoms with Crippen LogP contribution in [0.4, 0.5) is 0 Å². The zero-order chi connectivity index (χ0) is 21.3. The minimum absolute atomic E-state index is 0.0447. The summed E-state index contributed by atoms with van der Waals surface area (Å²) in [5, 5.41) is 6.23. The van der Waals surface area contributed by atoms with Gasteiger partial charge in [0.15, 0.2) is 5.96 Å². The number of aliphatic imine (C=N–C) groups is 1. The van der Waals surface area contributed by atoms with Gasteiger partial charge in [-0.3, -0.25) is 9.79 Å². The van der Waals surface area contributed by atoms with Gasteiger partial charge in [-0.25, -0.2) is 4.98 Å². The third-order valence-electron chi connectivity index (χ3n) is 3.84. The summed E-state index contributed by atoms with van der Waals surface area (Å²) < 4.78 is 5.91. The minimum Gasteiger partial charge on any atom is -0.475 e. The topological polar surface area (TPSA) is 78.9 Å². The smallest absolute Gasteiger partial charge is 0.240 e. The summed E-state index contributed by atoms with van der Waals surface area (Å²) in [7, 11) is 3.54. The van der Waals surface area contributed by atoms with Crippen molar-refractivity contribution >= 4 is 11.9 Å². The summed E-state index contributed by atoms with van der Waals surface area (Å²) in [6.45, 7) is 13.1. The van der Waals surface area contributed by atoms with Crippen LogP contribution < -0.4 is 15.4 Å². The van der Waals surface area contributed by atoms with E-state index in [1.165, 1.54) is 0 Å². The first-order valence-corrected chi connectivity index (χ1v) is 9.84. The molecule has 0 aromatic carbocycles. The number of guanidine groups is 1. The first-order chi connectivity index (χ1) is 13.0. The van der Waals surface area contributed by atoms with Crippen molar-refractivity contribution in [1.82, 2.24) is 20.5 Å². The van der Waals surface area contributed by atoms with Crippen molar-refractivity contribution in [2.24, 2.45) is 10.9 Å². The number of carbonyl (C=O) groups is 1. The lowest BCUT2D eigenvalue weighted by molar-refractivity contribution is -0.122. The van der Waals surface area contributed by atoms with Crippen LogP contribution in [0.25, 0.3) is 0 Å². The molecule has 0 aliphatic carbocycles. The van der Waals surface area contributed by atoms with E-state index in [1.54, 1.807) is 18.1 Å². The van der Waals surface area contributed by atoms with Crippen LogP contribution >= 0.6 is 0 Å². The van der Waals surface area contributed by atoms with E-state index in [0.717, 1.165) is 12.0 Å². The molecule has 0 fully saturated rings. The van der Waals surface area contributed by atoms with Crippen LogP contribution in [0.1, 0.15) is 53.5 Å². The van der Waals surface area contributed by atoms with Gasteiger partial charge in [-0.1, -0.05) is 13.8 Å². The zero-order valence-electron chi connectivity index (χ0n) is 18.7. The number of hydrogen-bond donors (Lipinski definition) is 2. The first kappa shape index (κ1) is 23.7. The summed E-state index contributed by atoms with van der Waals surface area (Å²) in [4.78, 5) is 22.5. The summed E-state index contributed by atoms with van der Waals surface area (Å²) >= 11 is 0. The summed E-state index contributed by atoms with van der Waals surface area (Å²) in [6, 6.07) is 3.87. The number of nitrogens with one attached hydrogen (secondary N) is 2. The van der Waals surface area contributed by atoms with Gasteiger partial charge in [-0.2, -0.15) is 0 Å². The number of likely N-dealkylation sites (N-methyl/N-ethyl adjacent to an activating group) is 1. The Kier molecular flexibility index (Phi) is 9.22. The fourth-order valence-electron chi connectivity index (χ4n) is 2.86. The van der Waals surface area contributed by atoms with Crippen molar-refractivity contribution in [3.63, 3.8) is 0 Å². The van der Waals surface area contributed by atoms with Gasteiger partial charge >= 0.3 is 0 Å². The van der Waals surface area contributed by atoms with Crippen LogP contribution in [0, 0.1) is 5.92 Å². The molecule has 0 aliphatic rings. The molecule has 1 rings (SSSR count). The second kappa shape index (κ2) is 10.9. The second-order valence-corrected chi connectivity index (χ2v) is 8.62. The molecule has 1 heterocycles. The summed E-state index contributed by atoms with van der Waals surface area (Å²) in [5.41, 5.74) is 0.783. The second-order valence-electron chi connectivity index (χ2n) is 8.62. The molecule has 0 aliphatic heterocycles. The molecule has 28 heavy (non-hydrogen) atoms. The van der Waals surface area contributed by atoms with Crippen LogP contribution in [0.2, 0.25) is 0 Å². The lowest BCUT2D eigenvalue weighted by atomic mass is 10.1. The number of aromatic nitrogens is 1. The standard InChI is InChI=1S/C21H37N5O2/c1-15(2)11-16(3)28-19-12-17(9-10-23-19)13-24-20(22-7)26(8)14-18(27)25-21(4,5)6/h9-10,12,15-16H,11,13-14H2,1-8H3,(H,22,24)(H,25,27). The average Bonchev–Trinajstić information content (AvgIpc) is 2.52. The van der Waals surface area contributed by atoms with Gasteiger partial charge in [0, 0.05) is 38.4 Å². The maximum Gasteiger partial charge on any atom is 0.240 e. The Morgan fingerprint density at radius 2 is 2.00 bits per heavy atom. The maximum atomic E-state index is 12.1. The maximum absolute atomic E-state index is 12.1. The number of ether oxygens (including phenoxy) is 1. The Bertz CT molecular complexity index is 652. The van der Waals surface area contributed by atoms with E-state index in [1.807, 2.05) is 40.0 Å². The fourth-order valence-corrected chi connectivity index (χ4v) is 2.86. The van der Waals surface area contributed by atoms with Gasteiger partial charge in [0.2, 0.25) is 11.8 Å². The Morgan fingerprint density at radius 3 is 2.57 bits per heavy atom. The van der Waals surface area contributed by atoms with Crippen molar-refractivity contribution in [3.8, 4) is 5.88 Å². The molecule has 7 heteroatoms. The van der Waals surface area contributed by atoms with E-state index in [9.17, 15) is 4.79 Å². The molecule has 7 nitrogen and oxygen atoms in total. The fraction of sp³-hybridized carbons (Fsp3) is 0.667. The molecule has 1 amide bonds. The van der Waals surface area contributed by atoms with Crippen molar-refractivity contribution in [2.75, 3.05) is 20.6 Å². The van der Waals surface area contributed by atoms with Gasteiger partial charge in [0.05, 0.1) is 12.6 Å². The van der Waals surface area contributed by atoms with Gasteiger partial charge in [-0.15, -0.1) is 0 Å². The van der Waals surface area contributed by atoms with E-state index in [2.05, 4.69) is 41.4 Å². The molecule has 1 atom stereocenters. The Labute approximate surface area is 170 Å². The van der Waals surface area contributed by atoms with Crippen LogP contribution in [-0.2, 0) is 11.3 Å². The molecule has 0 saturated heterocycles. The Morgan fingerprint density at radius 1 is 1.32 bits per heavy atom. The van der Waals surface area contributed by atoms with Crippen molar-refractivity contribution in [2.45, 2.75) is 66.2 Å². The molecular formula is C21H37N5O2. The lowest BCUT2D eigenvalue weighted by Crippen LogP contribution is -2.48. The Balaban J connectivity index is 2.61. The van der Waals surface area contributed by atoms with Crippen molar-refractivity contribution in [3.05, 3.63) is 23.9 Å². The van der Waals surface area contributed by atoms with E-state index < -0.39 is 0 Å². The van der Waals surface area contributed by atoms with Gasteiger partial charge < -0.3 is 20.3 Å². The third kappa shape index (κ3) is 9.58. The lowest BCUT2D eigenvalue weighted by Gasteiger charge is -2.25. The number of nitrogens with zero attached hydrogens (tertiary/aromatic N) is 3. The molecule has 158 valence electrons. The molecular weight excluding hydrogens is 354 g/mol. The normalized spacial score (nSPS) is 13.2. The third-order valence-corrected chi connectivity index (χ3v) is 3.84. The van der Waals surface area contributed by atoms with Crippen LogP contribution in [0.15, 0.2) is 23.3 Å². The van der Waals surface area contributed by atoms with E-state index in [0.29, 0.717) is 24.3 Å².